The molecule has 0 radical (unpaired) electrons. The Balaban J connectivity index is 1.70. The zero-order valence-electron chi connectivity index (χ0n) is 8.93. The van der Waals surface area contributed by atoms with Gasteiger partial charge in [-0.25, -0.2) is 8.78 Å². The molecule has 2 fully saturated rings. The lowest BCUT2D eigenvalue weighted by molar-refractivity contribution is -0.126. The molecular formula is C10H16F4N2. The van der Waals surface area contributed by atoms with E-state index in [1.165, 1.54) is 12.8 Å². The number of hydrogen-bond donors (Lipinski definition) is 1. The molecule has 1 saturated carbocycles. The van der Waals surface area contributed by atoms with Crippen molar-refractivity contribution in [3.63, 3.8) is 0 Å². The van der Waals surface area contributed by atoms with Gasteiger partial charge in [0.15, 0.2) is 0 Å². The standard InChI is InChI=1S/C10H16F4N2/c11-9(12)10(13,14)6-15-7-3-4-16(5-7)8-1-2-8/h7-9,15H,1-6H2. The third-order valence-corrected chi connectivity index (χ3v) is 3.23. The van der Waals surface area contributed by atoms with Crippen LogP contribution in [0.25, 0.3) is 0 Å². The van der Waals surface area contributed by atoms with Gasteiger partial charge in [0.2, 0.25) is 0 Å². The monoisotopic (exact) mass is 240 g/mol. The van der Waals surface area contributed by atoms with Crippen LogP contribution in [0, 0.1) is 0 Å². The summed E-state index contributed by atoms with van der Waals surface area (Å²) in [4.78, 5) is 2.25. The van der Waals surface area contributed by atoms with Crippen LogP contribution in [0.4, 0.5) is 17.6 Å². The lowest BCUT2D eigenvalue weighted by atomic mass is 10.2. The van der Waals surface area contributed by atoms with Gasteiger partial charge in [-0.1, -0.05) is 0 Å². The van der Waals surface area contributed by atoms with Crippen molar-refractivity contribution in [3.05, 3.63) is 0 Å². The number of rotatable bonds is 5. The SMILES string of the molecule is FC(F)C(F)(F)CNC1CCN(C2CC2)C1. The normalized spacial score (nSPS) is 27.9. The Bertz CT molecular complexity index is 243. The summed E-state index contributed by atoms with van der Waals surface area (Å²) in [6.45, 7) is 0.681. The van der Waals surface area contributed by atoms with E-state index < -0.39 is 18.9 Å². The van der Waals surface area contributed by atoms with Crippen molar-refractivity contribution < 1.29 is 17.6 Å². The first kappa shape index (κ1) is 12.1. The van der Waals surface area contributed by atoms with E-state index in [1.54, 1.807) is 0 Å². The van der Waals surface area contributed by atoms with Crippen LogP contribution in [0.15, 0.2) is 0 Å². The van der Waals surface area contributed by atoms with Gasteiger partial charge in [-0.15, -0.1) is 0 Å². The highest BCUT2D eigenvalue weighted by atomic mass is 19.3. The van der Waals surface area contributed by atoms with Crippen LogP contribution in [0.3, 0.4) is 0 Å². The van der Waals surface area contributed by atoms with E-state index in [0.29, 0.717) is 12.6 Å². The minimum absolute atomic E-state index is 0.0646. The van der Waals surface area contributed by atoms with Crippen molar-refractivity contribution in [2.75, 3.05) is 19.6 Å². The van der Waals surface area contributed by atoms with E-state index in [2.05, 4.69) is 10.2 Å². The van der Waals surface area contributed by atoms with Gasteiger partial charge < -0.3 is 5.32 Å². The Morgan fingerprint density at radius 2 is 1.94 bits per heavy atom. The van der Waals surface area contributed by atoms with Crippen molar-refractivity contribution in [3.8, 4) is 0 Å². The quantitative estimate of drug-likeness (QED) is 0.736. The summed E-state index contributed by atoms with van der Waals surface area (Å²) in [7, 11) is 0. The lowest BCUT2D eigenvalue weighted by Crippen LogP contribution is -2.44. The molecule has 0 bridgehead atoms. The summed E-state index contributed by atoms with van der Waals surface area (Å²) in [5.41, 5.74) is 0. The molecule has 0 spiro atoms. The molecule has 2 nitrogen and oxygen atoms in total. The Morgan fingerprint density at radius 3 is 2.50 bits per heavy atom. The Labute approximate surface area is 92.0 Å². The Kier molecular flexibility index (Phi) is 3.39. The molecule has 0 aromatic rings. The molecule has 1 aliphatic heterocycles. The molecule has 1 atom stereocenters. The minimum atomic E-state index is -3.91. The molecule has 94 valence electrons. The maximum absolute atomic E-state index is 12.6. The topological polar surface area (TPSA) is 15.3 Å². The number of halogens is 4. The number of hydrogen-bond acceptors (Lipinski definition) is 2. The number of likely N-dealkylation sites (tertiary alicyclic amines) is 1. The zero-order chi connectivity index (χ0) is 11.8. The summed E-state index contributed by atoms with van der Waals surface area (Å²) >= 11 is 0. The molecule has 6 heteroatoms. The van der Waals surface area contributed by atoms with E-state index >= 15 is 0 Å². The number of alkyl halides is 4. The summed E-state index contributed by atoms with van der Waals surface area (Å²) in [5.74, 6) is -3.91. The van der Waals surface area contributed by atoms with Gasteiger partial charge in [-0.05, 0) is 19.3 Å². The van der Waals surface area contributed by atoms with Gasteiger partial charge in [0, 0.05) is 25.2 Å². The third-order valence-electron chi connectivity index (χ3n) is 3.23. The Morgan fingerprint density at radius 1 is 1.25 bits per heavy atom. The second-order valence-electron chi connectivity index (χ2n) is 4.65. The van der Waals surface area contributed by atoms with Crippen LogP contribution in [-0.2, 0) is 0 Å². The maximum Gasteiger partial charge on any atom is 0.319 e. The summed E-state index contributed by atoms with van der Waals surface area (Å²) in [6, 6.07) is 0.549. The van der Waals surface area contributed by atoms with Crippen LogP contribution in [0.1, 0.15) is 19.3 Å². The van der Waals surface area contributed by atoms with E-state index in [1.807, 2.05) is 0 Å². The smallest absolute Gasteiger partial charge is 0.307 e. The first-order valence-corrected chi connectivity index (χ1v) is 5.62. The molecule has 1 unspecified atom stereocenters. The van der Waals surface area contributed by atoms with Gasteiger partial charge in [0.25, 0.3) is 0 Å². The highest BCUT2D eigenvalue weighted by Gasteiger charge is 2.41. The summed E-state index contributed by atoms with van der Waals surface area (Å²) < 4.78 is 49.1. The molecule has 1 N–H and O–H groups in total. The van der Waals surface area contributed by atoms with E-state index in [-0.39, 0.29) is 6.04 Å². The van der Waals surface area contributed by atoms with Crippen molar-refractivity contribution in [1.82, 2.24) is 10.2 Å². The zero-order valence-corrected chi connectivity index (χ0v) is 8.93. The van der Waals surface area contributed by atoms with E-state index in [4.69, 9.17) is 0 Å². The first-order valence-electron chi connectivity index (χ1n) is 5.62. The predicted molar refractivity (Wildman–Crippen MR) is 52.0 cm³/mol. The molecular weight excluding hydrogens is 224 g/mol. The Hall–Kier alpha value is -0.360. The largest absolute Gasteiger partial charge is 0.319 e. The fraction of sp³-hybridized carbons (Fsp3) is 1.00. The fourth-order valence-electron chi connectivity index (χ4n) is 2.08. The van der Waals surface area contributed by atoms with Crippen molar-refractivity contribution in [1.29, 1.82) is 0 Å². The highest BCUT2D eigenvalue weighted by molar-refractivity contribution is 4.92. The van der Waals surface area contributed by atoms with Gasteiger partial charge >= 0.3 is 12.3 Å². The van der Waals surface area contributed by atoms with Gasteiger partial charge in [-0.2, -0.15) is 8.78 Å². The van der Waals surface area contributed by atoms with Crippen LogP contribution in [0.5, 0.6) is 0 Å². The molecule has 2 rings (SSSR count). The molecule has 0 amide bonds. The maximum atomic E-state index is 12.6. The van der Waals surface area contributed by atoms with Crippen LogP contribution >= 0.6 is 0 Å². The van der Waals surface area contributed by atoms with Gasteiger partial charge in [-0.3, -0.25) is 4.90 Å². The molecule has 1 aliphatic carbocycles. The predicted octanol–water partition coefficient (Wildman–Crippen LogP) is 1.71. The highest BCUT2D eigenvalue weighted by Crippen LogP contribution is 2.30. The van der Waals surface area contributed by atoms with Crippen molar-refractivity contribution in [2.24, 2.45) is 0 Å². The summed E-state index contributed by atoms with van der Waals surface area (Å²) in [6.07, 6.45) is -0.448. The van der Waals surface area contributed by atoms with E-state index in [9.17, 15) is 17.6 Å². The number of nitrogens with zero attached hydrogens (tertiary/aromatic N) is 1. The molecule has 2 aliphatic rings. The van der Waals surface area contributed by atoms with Crippen LogP contribution in [-0.4, -0.2) is 49.0 Å². The first-order chi connectivity index (χ1) is 7.49. The molecule has 0 aromatic heterocycles. The molecule has 0 aromatic carbocycles. The second-order valence-corrected chi connectivity index (χ2v) is 4.65. The molecule has 1 heterocycles. The summed E-state index contributed by atoms with van der Waals surface area (Å²) in [5, 5.41) is 2.54. The number of nitrogens with one attached hydrogen (secondary N) is 1. The fourth-order valence-corrected chi connectivity index (χ4v) is 2.08. The van der Waals surface area contributed by atoms with Gasteiger partial charge in [0.05, 0.1) is 6.54 Å². The minimum Gasteiger partial charge on any atom is -0.307 e. The van der Waals surface area contributed by atoms with Crippen molar-refractivity contribution >= 4 is 0 Å². The third kappa shape index (κ3) is 2.85. The average Bonchev–Trinajstić information content (AvgIpc) is 2.95. The van der Waals surface area contributed by atoms with E-state index in [0.717, 1.165) is 13.0 Å². The molecule has 1 saturated heterocycles. The van der Waals surface area contributed by atoms with Gasteiger partial charge in [0.1, 0.15) is 0 Å². The van der Waals surface area contributed by atoms with Crippen LogP contribution < -0.4 is 5.32 Å². The van der Waals surface area contributed by atoms with Crippen molar-refractivity contribution in [2.45, 2.75) is 43.7 Å². The lowest BCUT2D eigenvalue weighted by Gasteiger charge is -2.20. The van der Waals surface area contributed by atoms with Crippen LogP contribution in [0.2, 0.25) is 0 Å². The average molecular weight is 240 g/mol. The second kappa shape index (κ2) is 4.49. The molecule has 16 heavy (non-hydrogen) atoms.